The Kier molecular flexibility index (Phi) is 11.8. The highest BCUT2D eigenvalue weighted by molar-refractivity contribution is 6.38. The summed E-state index contributed by atoms with van der Waals surface area (Å²) in [4.78, 5) is 25.5. The third-order valence-electron chi connectivity index (χ3n) is 6.95. The van der Waals surface area contributed by atoms with Crippen molar-refractivity contribution in [2.24, 2.45) is 10.2 Å². The second kappa shape index (κ2) is 16.2. The van der Waals surface area contributed by atoms with E-state index in [1.165, 1.54) is 0 Å². The summed E-state index contributed by atoms with van der Waals surface area (Å²) in [5.41, 5.74) is 2.13. The molecule has 1 saturated heterocycles. The zero-order chi connectivity index (χ0) is 30.7. The van der Waals surface area contributed by atoms with Crippen LogP contribution in [0.5, 0.6) is 0 Å². The Morgan fingerprint density at radius 1 is 0.545 bits per heavy atom. The number of hydrazone groups is 2. The number of ether oxygens (including phenoxy) is 6. The number of anilines is 2. The van der Waals surface area contributed by atoms with Gasteiger partial charge in [-0.3, -0.25) is 10.0 Å². The van der Waals surface area contributed by atoms with Crippen molar-refractivity contribution in [3.05, 3.63) is 58.6 Å². The van der Waals surface area contributed by atoms with Crippen LogP contribution in [0.3, 0.4) is 0 Å². The fraction of sp³-hybridized carbons (Fsp3) is 0.467. The van der Waals surface area contributed by atoms with Crippen molar-refractivity contribution in [1.29, 1.82) is 0 Å². The van der Waals surface area contributed by atoms with E-state index in [9.17, 15) is 9.59 Å². The van der Waals surface area contributed by atoms with Crippen molar-refractivity contribution in [2.75, 3.05) is 76.1 Å². The zero-order valence-corrected chi connectivity index (χ0v) is 25.6. The normalized spacial score (nSPS) is 23.3. The Labute approximate surface area is 265 Å². The first-order chi connectivity index (χ1) is 21.5. The van der Waals surface area contributed by atoms with E-state index in [0.29, 0.717) is 62.5 Å². The number of hydrogen-bond acceptors (Lipinski definition) is 12. The van der Waals surface area contributed by atoms with Crippen LogP contribution < -0.4 is 10.0 Å². The molecule has 2 atom stereocenters. The molecule has 3 heterocycles. The van der Waals surface area contributed by atoms with Gasteiger partial charge in [-0.1, -0.05) is 23.2 Å². The summed E-state index contributed by atoms with van der Waals surface area (Å²) >= 11 is 12.1. The molecule has 0 aliphatic carbocycles. The minimum Gasteiger partial charge on any atom is -0.459 e. The van der Waals surface area contributed by atoms with Gasteiger partial charge in [-0.15, -0.1) is 0 Å². The van der Waals surface area contributed by atoms with E-state index in [1.807, 2.05) is 24.3 Å². The van der Waals surface area contributed by atoms with Gasteiger partial charge in [-0.05, 0) is 48.5 Å². The van der Waals surface area contributed by atoms with Gasteiger partial charge in [0.25, 0.3) is 0 Å². The van der Waals surface area contributed by atoms with Crippen molar-refractivity contribution in [2.45, 2.75) is 24.9 Å². The number of hydrogen-bond donors (Lipinski definition) is 0. The minimum absolute atomic E-state index is 0.0235. The molecule has 1 fully saturated rings. The number of rotatable bonds is 2. The van der Waals surface area contributed by atoms with Crippen molar-refractivity contribution in [1.82, 2.24) is 0 Å². The number of esters is 2. The maximum absolute atomic E-state index is 12.8. The lowest BCUT2D eigenvalue weighted by Gasteiger charge is -2.23. The van der Waals surface area contributed by atoms with Crippen LogP contribution in [0.1, 0.15) is 12.8 Å². The smallest absolute Gasteiger partial charge is 0.354 e. The highest BCUT2D eigenvalue weighted by Crippen LogP contribution is 2.28. The average molecular weight is 650 g/mol. The van der Waals surface area contributed by atoms with Gasteiger partial charge in [-0.2, -0.15) is 10.2 Å². The van der Waals surface area contributed by atoms with Crippen LogP contribution in [-0.4, -0.2) is 102 Å². The molecule has 0 N–H and O–H groups in total. The van der Waals surface area contributed by atoms with Gasteiger partial charge in [0.2, 0.25) is 0 Å². The highest BCUT2D eigenvalue weighted by Gasteiger charge is 2.33. The minimum atomic E-state index is -0.529. The van der Waals surface area contributed by atoms with Crippen molar-refractivity contribution >= 4 is 57.9 Å². The number of carbonyl (C=O) groups is 2. The molecule has 2 aromatic carbocycles. The number of cyclic esters (lactones) is 2. The third kappa shape index (κ3) is 8.90. The van der Waals surface area contributed by atoms with Crippen LogP contribution in [0, 0.1) is 0 Å². The third-order valence-corrected chi connectivity index (χ3v) is 7.45. The molecule has 12 nitrogen and oxygen atoms in total. The number of halogens is 2. The molecule has 0 spiro atoms. The molecule has 44 heavy (non-hydrogen) atoms. The predicted molar refractivity (Wildman–Crippen MR) is 165 cm³/mol. The summed E-state index contributed by atoms with van der Waals surface area (Å²) in [6.45, 7) is 2.42. The first-order valence-electron chi connectivity index (χ1n) is 14.4. The lowest BCUT2D eigenvalue weighted by molar-refractivity contribution is -0.138. The molecule has 4 bridgehead atoms. The highest BCUT2D eigenvalue weighted by atomic mass is 35.5. The molecule has 2 aromatic rings. The topological polar surface area (TPSA) is 121 Å². The fourth-order valence-electron chi connectivity index (χ4n) is 4.79. The molecular weight excluding hydrogens is 615 g/mol. The van der Waals surface area contributed by atoms with Crippen LogP contribution in [0.2, 0.25) is 10.0 Å². The van der Waals surface area contributed by atoms with E-state index in [4.69, 9.17) is 51.6 Å². The Hall–Kier alpha value is -3.26. The number of fused-ring (bicyclic) bond motifs is 4. The molecule has 236 valence electrons. The van der Waals surface area contributed by atoms with E-state index in [1.54, 1.807) is 34.3 Å². The van der Waals surface area contributed by atoms with Crippen LogP contribution >= 0.6 is 23.2 Å². The van der Waals surface area contributed by atoms with Gasteiger partial charge in [0.05, 0.1) is 76.3 Å². The van der Waals surface area contributed by atoms with Gasteiger partial charge >= 0.3 is 11.9 Å². The summed E-state index contributed by atoms with van der Waals surface area (Å²) in [6, 6.07) is 14.0. The van der Waals surface area contributed by atoms with Crippen molar-refractivity contribution < 1.29 is 38.0 Å². The maximum atomic E-state index is 12.8. The molecular formula is C30H34Cl2N4O8. The van der Waals surface area contributed by atoms with Gasteiger partial charge in [0, 0.05) is 22.9 Å². The molecule has 3 aliphatic rings. The van der Waals surface area contributed by atoms with E-state index in [-0.39, 0.29) is 49.9 Å². The average Bonchev–Trinajstić information content (AvgIpc) is 3.65. The number of nitrogens with zero attached hydrogens (tertiary/aromatic N) is 4. The largest absolute Gasteiger partial charge is 0.459 e. The molecule has 3 aliphatic heterocycles. The standard InChI is InChI=1S/C30H34Cl2N4O8/c31-21-1-5-23(6-2-21)35-25-17-27(33-35)29(37)43-15-13-40-14-16-44-30(38)28-18-26(20-42-12-10-39-9-11-41-19-25)36(34-28)24-7-3-22(32)4-8-24/h1-8,25-26H,9-20H2/t25-,26-/m1/s1. The predicted octanol–water partition coefficient (Wildman–Crippen LogP) is 3.73. The zero-order valence-electron chi connectivity index (χ0n) is 24.1. The van der Waals surface area contributed by atoms with Crippen LogP contribution in [0.15, 0.2) is 58.7 Å². The van der Waals surface area contributed by atoms with E-state index in [2.05, 4.69) is 10.2 Å². The van der Waals surface area contributed by atoms with Crippen LogP contribution in [0.4, 0.5) is 11.4 Å². The summed E-state index contributed by atoms with van der Waals surface area (Å²) in [5, 5.41) is 13.7. The van der Waals surface area contributed by atoms with Gasteiger partial charge in [0.1, 0.15) is 24.6 Å². The Morgan fingerprint density at radius 3 is 1.32 bits per heavy atom. The van der Waals surface area contributed by atoms with E-state index in [0.717, 1.165) is 11.4 Å². The number of benzene rings is 2. The van der Waals surface area contributed by atoms with Crippen molar-refractivity contribution in [3.63, 3.8) is 0 Å². The second-order valence-electron chi connectivity index (χ2n) is 10.1. The molecule has 0 aromatic heterocycles. The second-order valence-corrected chi connectivity index (χ2v) is 11.0. The lowest BCUT2D eigenvalue weighted by atomic mass is 10.1. The molecule has 0 amide bonds. The molecule has 0 radical (unpaired) electrons. The van der Waals surface area contributed by atoms with Gasteiger partial charge in [-0.25, -0.2) is 9.59 Å². The lowest BCUT2D eigenvalue weighted by Crippen LogP contribution is -2.32. The van der Waals surface area contributed by atoms with Crippen LogP contribution in [-0.2, 0) is 38.0 Å². The summed E-state index contributed by atoms with van der Waals surface area (Å²) < 4.78 is 33.7. The summed E-state index contributed by atoms with van der Waals surface area (Å²) in [6.07, 6.45) is 0.704. The summed E-state index contributed by atoms with van der Waals surface area (Å²) in [5.74, 6) is -1.06. The van der Waals surface area contributed by atoms with E-state index >= 15 is 0 Å². The Balaban J connectivity index is 1.19. The number of carbonyl (C=O) groups excluding carboxylic acids is 2. The Bertz CT molecular complexity index is 1230. The first-order valence-corrected chi connectivity index (χ1v) is 15.1. The van der Waals surface area contributed by atoms with Gasteiger partial charge in [0.15, 0.2) is 0 Å². The summed E-state index contributed by atoms with van der Waals surface area (Å²) in [7, 11) is 0. The quantitative estimate of drug-likeness (QED) is 0.445. The first kappa shape index (κ1) is 32.1. The SMILES string of the molecule is O=C1OCCOCCOC(=O)C2=NN(c3ccc(Cl)cc3)[C@@H](COCCOCCOC[C@H]3CC1=NN3c1ccc(Cl)cc1)C2. The molecule has 14 heteroatoms. The maximum Gasteiger partial charge on any atom is 0.354 e. The monoisotopic (exact) mass is 648 g/mol. The van der Waals surface area contributed by atoms with E-state index < -0.39 is 11.9 Å². The molecule has 0 unspecified atom stereocenters. The van der Waals surface area contributed by atoms with Crippen LogP contribution in [0.25, 0.3) is 0 Å². The molecule has 0 saturated carbocycles. The fourth-order valence-corrected chi connectivity index (χ4v) is 5.04. The Morgan fingerprint density at radius 2 is 0.909 bits per heavy atom. The van der Waals surface area contributed by atoms with Crippen molar-refractivity contribution in [3.8, 4) is 0 Å². The van der Waals surface area contributed by atoms with Gasteiger partial charge < -0.3 is 28.4 Å². The molecule has 5 rings (SSSR count).